The first-order valence-corrected chi connectivity index (χ1v) is 17.2. The number of nitrogens with one attached hydrogen (secondary N) is 1. The van der Waals surface area contributed by atoms with Crippen molar-refractivity contribution in [2.24, 2.45) is 0 Å². The highest BCUT2D eigenvalue weighted by atomic mass is 35.5. The molecule has 4 N–H and O–H groups in total. The van der Waals surface area contributed by atoms with Gasteiger partial charge in [-0.05, 0) is 61.4 Å². The molecule has 6 rings (SSSR count). The molecule has 0 fully saturated rings. The van der Waals surface area contributed by atoms with E-state index in [0.29, 0.717) is 12.1 Å². The van der Waals surface area contributed by atoms with Crippen molar-refractivity contribution in [2.75, 3.05) is 0 Å². The van der Waals surface area contributed by atoms with Gasteiger partial charge in [0.15, 0.2) is 40.6 Å². The number of amides is 1. The lowest BCUT2D eigenvalue weighted by atomic mass is 9.98. The van der Waals surface area contributed by atoms with Crippen molar-refractivity contribution in [1.29, 1.82) is 0 Å². The number of hydrogen-bond donors (Lipinski definition) is 4. The number of phenols is 2. The van der Waals surface area contributed by atoms with Crippen LogP contribution in [0.25, 0.3) is 21.8 Å². The number of Topliss-reactive ketones (excluding diaryl/α,β-unsaturated/α-hetero) is 1. The quantitative estimate of drug-likeness (QED) is 0.106. The molecule has 0 bridgehead atoms. The molecule has 2 heterocycles. The Bertz CT molecular complexity index is 2690. The maximum Gasteiger partial charge on any atom is 0.305 e. The number of hydrogen-bond acceptors (Lipinski definition) is 7. The van der Waals surface area contributed by atoms with Gasteiger partial charge >= 0.3 is 5.97 Å². The number of phenolic OH excluding ortho intramolecular Hbond substituents is 2. The summed E-state index contributed by atoms with van der Waals surface area (Å²) in [5.41, 5.74) is -1.34. The third-order valence-electron chi connectivity index (χ3n) is 9.32. The number of aromatic hydroxyl groups is 2. The molecule has 2 aromatic heterocycles. The number of rotatable bonds is 10. The molecule has 0 saturated heterocycles. The van der Waals surface area contributed by atoms with Crippen LogP contribution in [0.4, 0.5) is 17.6 Å². The molecule has 0 aliphatic heterocycles. The number of carbonyl (C=O) groups is 5. The monoisotopic (exact) mass is 811 g/mol. The van der Waals surface area contributed by atoms with Crippen molar-refractivity contribution in [1.82, 2.24) is 14.5 Å². The Hall–Kier alpha value is -6.19. The molecule has 288 valence electrons. The molecule has 17 heteroatoms. The van der Waals surface area contributed by atoms with E-state index in [1.54, 1.807) is 0 Å². The van der Waals surface area contributed by atoms with Gasteiger partial charge in [0, 0.05) is 61.9 Å². The van der Waals surface area contributed by atoms with Gasteiger partial charge in [0.05, 0.1) is 29.9 Å². The third kappa shape index (κ3) is 7.06. The minimum absolute atomic E-state index is 0.00121. The number of ketones is 1. The van der Waals surface area contributed by atoms with Crippen molar-refractivity contribution >= 4 is 74.5 Å². The highest BCUT2D eigenvalue weighted by molar-refractivity contribution is 6.31. The van der Waals surface area contributed by atoms with Gasteiger partial charge < -0.3 is 20.6 Å². The Labute approximate surface area is 323 Å². The van der Waals surface area contributed by atoms with E-state index in [4.69, 9.17) is 23.2 Å². The first kappa shape index (κ1) is 39.5. The number of carbonyl (C=O) groups excluding carboxylic acids is 4. The van der Waals surface area contributed by atoms with Crippen LogP contribution in [0.3, 0.4) is 0 Å². The molecule has 56 heavy (non-hydrogen) atoms. The molecule has 0 aliphatic carbocycles. The predicted molar refractivity (Wildman–Crippen MR) is 195 cm³/mol. The lowest BCUT2D eigenvalue weighted by Gasteiger charge is -2.17. The normalized spacial score (nSPS) is 11.9. The van der Waals surface area contributed by atoms with Gasteiger partial charge in [-0.1, -0.05) is 35.3 Å². The molecule has 0 aliphatic rings. The molecule has 0 radical (unpaired) electrons. The average molecular weight is 813 g/mol. The highest BCUT2D eigenvalue weighted by Crippen LogP contribution is 2.37. The number of carboxylic acids is 1. The summed E-state index contributed by atoms with van der Waals surface area (Å²) in [4.78, 5) is 66.6. The number of fused-ring (bicyclic) bond motifs is 2. The lowest BCUT2D eigenvalue weighted by molar-refractivity contribution is -0.140. The van der Waals surface area contributed by atoms with E-state index in [1.807, 2.05) is 0 Å². The summed E-state index contributed by atoms with van der Waals surface area (Å²) in [6.07, 6.45) is -2.68. The number of halogens is 6. The first-order chi connectivity index (χ1) is 26.4. The number of aliphatic carboxylic acids is 1. The van der Waals surface area contributed by atoms with Crippen LogP contribution in [0.15, 0.2) is 60.7 Å². The maximum absolute atomic E-state index is 15.6. The third-order valence-corrected chi connectivity index (χ3v) is 9.79. The Morgan fingerprint density at radius 2 is 1.12 bits per heavy atom. The number of aromatic nitrogens is 2. The van der Waals surface area contributed by atoms with Gasteiger partial charge in [-0.3, -0.25) is 33.1 Å². The van der Waals surface area contributed by atoms with Crippen LogP contribution < -0.4 is 5.32 Å². The molecule has 0 spiro atoms. The molecule has 0 saturated carbocycles. The molecule has 1 amide bonds. The molecule has 11 nitrogen and oxygen atoms in total. The van der Waals surface area contributed by atoms with E-state index in [-0.39, 0.29) is 54.7 Å². The standard InChI is InChI=1S/C39H27Cl2F4N3O8/c1-16-22(32-27(13-24(42)36(53)34(32)44)47(16)38(55)18-5-3-7-20(40)9-18)11-29(49)26(15-31(51)52)46-30(50)12-23-17(2)48(39(56)19-6-4-8-21(41)10-19)28-14-25(43)37(54)35(45)33(23)28/h3-10,13-14,26,53-54H,11-12,15H2,1-2H3,(H,46,50)(H,51,52). The van der Waals surface area contributed by atoms with Crippen molar-refractivity contribution < 1.29 is 56.9 Å². The minimum Gasteiger partial charge on any atom is -0.503 e. The van der Waals surface area contributed by atoms with E-state index >= 15 is 8.78 Å². The second-order valence-electron chi connectivity index (χ2n) is 12.8. The Balaban J connectivity index is 1.37. The van der Waals surface area contributed by atoms with Gasteiger partial charge in [0.1, 0.15) is 0 Å². The fraction of sp³-hybridized carbons (Fsp3) is 0.154. The summed E-state index contributed by atoms with van der Waals surface area (Å²) < 4.78 is 62.2. The topological polar surface area (TPSA) is 168 Å². The van der Waals surface area contributed by atoms with E-state index in [0.717, 1.165) is 9.13 Å². The first-order valence-electron chi connectivity index (χ1n) is 16.5. The summed E-state index contributed by atoms with van der Waals surface area (Å²) in [6.45, 7) is 2.62. The Kier molecular flexibility index (Phi) is 10.7. The minimum atomic E-state index is -1.84. The van der Waals surface area contributed by atoms with Crippen LogP contribution in [0.1, 0.15) is 49.7 Å². The average Bonchev–Trinajstić information content (AvgIpc) is 3.56. The summed E-state index contributed by atoms with van der Waals surface area (Å²) in [7, 11) is 0. The van der Waals surface area contributed by atoms with Crippen LogP contribution >= 0.6 is 23.2 Å². The van der Waals surface area contributed by atoms with E-state index < -0.39 is 100 Å². The molecule has 6 aromatic rings. The van der Waals surface area contributed by atoms with Gasteiger partial charge in [0.25, 0.3) is 11.8 Å². The fourth-order valence-corrected chi connectivity index (χ4v) is 7.07. The zero-order valence-electron chi connectivity index (χ0n) is 29.0. The molecular formula is C39H27Cl2F4N3O8. The number of benzene rings is 4. The van der Waals surface area contributed by atoms with Crippen LogP contribution in [-0.2, 0) is 27.2 Å². The maximum atomic E-state index is 15.6. The lowest BCUT2D eigenvalue weighted by Crippen LogP contribution is -2.43. The van der Waals surface area contributed by atoms with Crippen molar-refractivity contribution in [3.8, 4) is 11.5 Å². The highest BCUT2D eigenvalue weighted by Gasteiger charge is 2.32. The number of nitrogens with zero attached hydrogens (tertiary/aromatic N) is 2. The molecule has 4 aromatic carbocycles. The van der Waals surface area contributed by atoms with Gasteiger partial charge in [0.2, 0.25) is 5.91 Å². The predicted octanol–water partition coefficient (Wildman–Crippen LogP) is 7.18. The SMILES string of the molecule is Cc1c(CC(=O)NC(CC(=O)O)C(=O)Cc2c(C)n(C(=O)c3cccc(Cl)c3)c3cc(F)c(O)c(F)c23)c2c(F)c(O)c(F)cc2n1C(=O)c1cccc(Cl)c1. The van der Waals surface area contributed by atoms with Gasteiger partial charge in [-0.15, -0.1) is 0 Å². The van der Waals surface area contributed by atoms with Crippen molar-refractivity contribution in [3.05, 3.63) is 128 Å². The Morgan fingerprint density at radius 1 is 0.696 bits per heavy atom. The van der Waals surface area contributed by atoms with Crippen LogP contribution in [-0.4, -0.2) is 60.0 Å². The van der Waals surface area contributed by atoms with Crippen LogP contribution in [0.2, 0.25) is 10.0 Å². The second kappa shape index (κ2) is 15.2. The van der Waals surface area contributed by atoms with Crippen LogP contribution in [0, 0.1) is 37.1 Å². The summed E-state index contributed by atoms with van der Waals surface area (Å²) in [5.74, 6) is -13.9. The van der Waals surface area contributed by atoms with E-state index in [2.05, 4.69) is 5.32 Å². The smallest absolute Gasteiger partial charge is 0.305 e. The number of carboxylic acid groups (broad SMARTS) is 1. The summed E-state index contributed by atoms with van der Waals surface area (Å²) >= 11 is 12.1. The summed E-state index contributed by atoms with van der Waals surface area (Å²) in [6, 6.07) is 10.8. The second-order valence-corrected chi connectivity index (χ2v) is 13.7. The molecule has 1 unspecified atom stereocenters. The zero-order chi connectivity index (χ0) is 40.9. The molecule has 1 atom stereocenters. The van der Waals surface area contributed by atoms with Crippen LogP contribution in [0.5, 0.6) is 11.5 Å². The molecular weight excluding hydrogens is 785 g/mol. The van der Waals surface area contributed by atoms with Crippen molar-refractivity contribution in [3.63, 3.8) is 0 Å². The largest absolute Gasteiger partial charge is 0.503 e. The van der Waals surface area contributed by atoms with Gasteiger partial charge in [-0.2, -0.15) is 0 Å². The zero-order valence-corrected chi connectivity index (χ0v) is 30.5. The fourth-order valence-electron chi connectivity index (χ4n) is 6.69. The van der Waals surface area contributed by atoms with Gasteiger partial charge in [-0.25, -0.2) is 17.6 Å². The summed E-state index contributed by atoms with van der Waals surface area (Å²) in [5, 5.41) is 31.5. The van der Waals surface area contributed by atoms with E-state index in [1.165, 1.54) is 62.4 Å². The Morgan fingerprint density at radius 3 is 1.54 bits per heavy atom. The van der Waals surface area contributed by atoms with Crippen molar-refractivity contribution in [2.45, 2.75) is 39.2 Å². The van der Waals surface area contributed by atoms with E-state index in [9.17, 15) is 48.1 Å².